The number of phenolic OH excluding ortho intramolecular Hbond substituents is 2. The van der Waals surface area contributed by atoms with Crippen molar-refractivity contribution in [3.63, 3.8) is 0 Å². The van der Waals surface area contributed by atoms with Crippen molar-refractivity contribution in [1.29, 1.82) is 0 Å². The topological polar surface area (TPSA) is 77.4 Å². The molecule has 1 aliphatic rings. The first-order chi connectivity index (χ1) is 14.6. The number of aromatic hydroxyl groups is 2. The van der Waals surface area contributed by atoms with E-state index < -0.39 is 5.41 Å². The number of phenols is 2. The van der Waals surface area contributed by atoms with Crippen LogP contribution in [0.5, 0.6) is 34.5 Å². The molecule has 2 aromatic carbocycles. The van der Waals surface area contributed by atoms with Gasteiger partial charge in [0.05, 0.1) is 28.4 Å². The molecule has 6 heteroatoms. The number of ether oxygens (including phenoxy) is 4. The second-order valence-corrected chi connectivity index (χ2v) is 9.40. The van der Waals surface area contributed by atoms with Gasteiger partial charge in [0.1, 0.15) is 0 Å². The van der Waals surface area contributed by atoms with Gasteiger partial charge in [-0.3, -0.25) is 0 Å². The Kier molecular flexibility index (Phi) is 6.21. The third kappa shape index (κ3) is 4.08. The molecule has 1 aliphatic carbocycles. The molecule has 6 nitrogen and oxygen atoms in total. The van der Waals surface area contributed by atoms with Crippen molar-refractivity contribution in [2.75, 3.05) is 28.4 Å². The van der Waals surface area contributed by atoms with Gasteiger partial charge in [0.15, 0.2) is 23.0 Å². The summed E-state index contributed by atoms with van der Waals surface area (Å²) < 4.78 is 21.9. The quantitative estimate of drug-likeness (QED) is 0.651. The second-order valence-electron chi connectivity index (χ2n) is 9.40. The Bertz CT molecular complexity index is 838. The molecule has 2 aromatic rings. The molecule has 0 heterocycles. The molecular formula is C25H34O6. The van der Waals surface area contributed by atoms with E-state index in [1.54, 1.807) is 0 Å². The third-order valence-corrected chi connectivity index (χ3v) is 6.44. The lowest BCUT2D eigenvalue weighted by molar-refractivity contribution is 0.126. The van der Waals surface area contributed by atoms with E-state index in [2.05, 4.69) is 20.8 Å². The first-order valence-corrected chi connectivity index (χ1v) is 10.5. The smallest absolute Gasteiger partial charge is 0.200 e. The number of methoxy groups -OCH3 is 4. The minimum atomic E-state index is -0.427. The Balaban J connectivity index is 2.36. The zero-order valence-electron chi connectivity index (χ0n) is 19.5. The molecule has 1 saturated carbocycles. The predicted octanol–water partition coefficient (Wildman–Crippen LogP) is 5.26. The van der Waals surface area contributed by atoms with E-state index in [1.807, 2.05) is 24.3 Å². The summed E-state index contributed by atoms with van der Waals surface area (Å²) in [6.45, 7) is 6.82. The molecule has 0 spiro atoms. The van der Waals surface area contributed by atoms with E-state index in [0.29, 0.717) is 28.9 Å². The summed E-state index contributed by atoms with van der Waals surface area (Å²) in [5.41, 5.74) is 1.60. The number of hydrogen-bond acceptors (Lipinski definition) is 6. The maximum absolute atomic E-state index is 10.5. The number of rotatable bonds is 6. The fourth-order valence-corrected chi connectivity index (χ4v) is 5.52. The van der Waals surface area contributed by atoms with Gasteiger partial charge < -0.3 is 29.2 Å². The fraction of sp³-hybridized carbons (Fsp3) is 0.520. The average molecular weight is 431 g/mol. The lowest BCUT2D eigenvalue weighted by Crippen LogP contribution is -2.41. The highest BCUT2D eigenvalue weighted by atomic mass is 16.5. The lowest BCUT2D eigenvalue weighted by Gasteiger charge is -2.49. The van der Waals surface area contributed by atoms with Crippen molar-refractivity contribution < 1.29 is 29.2 Å². The van der Waals surface area contributed by atoms with Crippen molar-refractivity contribution in [3.8, 4) is 34.5 Å². The monoisotopic (exact) mass is 430 g/mol. The summed E-state index contributed by atoms with van der Waals surface area (Å²) in [7, 11) is 6.13. The van der Waals surface area contributed by atoms with Crippen LogP contribution in [0.15, 0.2) is 24.3 Å². The maximum atomic E-state index is 10.5. The van der Waals surface area contributed by atoms with Crippen molar-refractivity contribution in [2.24, 2.45) is 11.3 Å². The highest BCUT2D eigenvalue weighted by Gasteiger charge is 2.46. The zero-order valence-corrected chi connectivity index (χ0v) is 19.5. The molecule has 2 N–H and O–H groups in total. The van der Waals surface area contributed by atoms with Gasteiger partial charge >= 0.3 is 0 Å². The third-order valence-electron chi connectivity index (χ3n) is 6.44. The summed E-state index contributed by atoms with van der Waals surface area (Å²) in [5, 5.41) is 21.0. The van der Waals surface area contributed by atoms with E-state index >= 15 is 0 Å². The molecule has 1 unspecified atom stereocenters. The second kappa shape index (κ2) is 8.40. The molecule has 31 heavy (non-hydrogen) atoms. The van der Waals surface area contributed by atoms with E-state index in [4.69, 9.17) is 18.9 Å². The van der Waals surface area contributed by atoms with Crippen LogP contribution in [0.3, 0.4) is 0 Å². The molecule has 0 radical (unpaired) electrons. The molecule has 0 aromatic heterocycles. The van der Waals surface area contributed by atoms with Crippen LogP contribution in [0.25, 0.3) is 0 Å². The van der Waals surface area contributed by atoms with E-state index in [9.17, 15) is 10.2 Å². The van der Waals surface area contributed by atoms with Crippen molar-refractivity contribution in [1.82, 2.24) is 0 Å². The average Bonchev–Trinajstić information content (AvgIpc) is 2.72. The minimum Gasteiger partial charge on any atom is -0.502 e. The molecule has 1 fully saturated rings. The Morgan fingerprint density at radius 2 is 1.06 bits per heavy atom. The van der Waals surface area contributed by atoms with Crippen LogP contribution in [0, 0.1) is 11.3 Å². The van der Waals surface area contributed by atoms with Gasteiger partial charge in [0, 0.05) is 5.41 Å². The molecule has 1 atom stereocenters. The van der Waals surface area contributed by atoms with Crippen LogP contribution >= 0.6 is 0 Å². The predicted molar refractivity (Wildman–Crippen MR) is 120 cm³/mol. The van der Waals surface area contributed by atoms with Crippen LogP contribution in [0.2, 0.25) is 0 Å². The largest absolute Gasteiger partial charge is 0.502 e. The van der Waals surface area contributed by atoms with Gasteiger partial charge in [-0.15, -0.1) is 0 Å². The van der Waals surface area contributed by atoms with Crippen LogP contribution < -0.4 is 18.9 Å². The van der Waals surface area contributed by atoms with Crippen molar-refractivity contribution in [3.05, 3.63) is 35.4 Å². The number of hydrogen-bond donors (Lipinski definition) is 2. The molecule has 170 valence electrons. The maximum Gasteiger partial charge on any atom is 0.200 e. The van der Waals surface area contributed by atoms with Gasteiger partial charge in [0.25, 0.3) is 0 Å². The molecular weight excluding hydrogens is 396 g/mol. The molecule has 0 aliphatic heterocycles. The standard InChI is InChI=1S/C25H34O6/c1-15-12-24(2,3)14-25(13-15,16-8-18(28-4)22(26)19(9-16)29-5)17-10-20(30-6)23(27)21(11-17)31-7/h8-11,15,26-27H,12-14H2,1-7H3. The van der Waals surface area contributed by atoms with E-state index in [-0.39, 0.29) is 16.9 Å². The number of benzene rings is 2. The van der Waals surface area contributed by atoms with Crippen molar-refractivity contribution >= 4 is 0 Å². The summed E-state index contributed by atoms with van der Waals surface area (Å²) >= 11 is 0. The molecule has 3 rings (SSSR count). The summed E-state index contributed by atoms with van der Waals surface area (Å²) in [6.07, 6.45) is 2.84. The summed E-state index contributed by atoms with van der Waals surface area (Å²) in [6, 6.07) is 7.55. The molecule has 0 saturated heterocycles. The Hall–Kier alpha value is -2.76. The molecule has 0 bridgehead atoms. The van der Waals surface area contributed by atoms with Crippen molar-refractivity contribution in [2.45, 2.75) is 45.4 Å². The van der Waals surface area contributed by atoms with Crippen LogP contribution in [0.4, 0.5) is 0 Å². The van der Waals surface area contributed by atoms with Gasteiger partial charge in [-0.05, 0) is 66.0 Å². The summed E-state index contributed by atoms with van der Waals surface area (Å²) in [5.74, 6) is 1.86. The summed E-state index contributed by atoms with van der Waals surface area (Å²) in [4.78, 5) is 0. The fourth-order valence-electron chi connectivity index (χ4n) is 5.52. The van der Waals surface area contributed by atoms with E-state index in [1.165, 1.54) is 28.4 Å². The first-order valence-electron chi connectivity index (χ1n) is 10.5. The van der Waals surface area contributed by atoms with Gasteiger partial charge in [-0.2, -0.15) is 0 Å². The van der Waals surface area contributed by atoms with Gasteiger partial charge in [-0.25, -0.2) is 0 Å². The Morgan fingerprint density at radius 3 is 1.35 bits per heavy atom. The SMILES string of the molecule is COc1cc(C2(c3cc(OC)c(O)c(OC)c3)CC(C)CC(C)(C)C2)cc(OC)c1O. The highest BCUT2D eigenvalue weighted by Crippen LogP contribution is 2.57. The first kappa shape index (κ1) is 22.9. The molecule has 0 amide bonds. The normalized spacial score (nSPS) is 19.5. The van der Waals surface area contributed by atoms with E-state index in [0.717, 1.165) is 30.4 Å². The Labute approximate surface area is 184 Å². The van der Waals surface area contributed by atoms with Gasteiger partial charge in [0.2, 0.25) is 11.5 Å². The highest BCUT2D eigenvalue weighted by molar-refractivity contribution is 5.60. The van der Waals surface area contributed by atoms with Crippen LogP contribution in [-0.4, -0.2) is 38.7 Å². The van der Waals surface area contributed by atoms with Crippen LogP contribution in [-0.2, 0) is 5.41 Å². The van der Waals surface area contributed by atoms with Gasteiger partial charge in [-0.1, -0.05) is 20.8 Å². The van der Waals surface area contributed by atoms with Crippen LogP contribution in [0.1, 0.15) is 51.2 Å². The zero-order chi connectivity index (χ0) is 23.0. The lowest BCUT2D eigenvalue weighted by atomic mass is 9.55. The Morgan fingerprint density at radius 1 is 0.710 bits per heavy atom. The minimum absolute atomic E-state index is 0.0205.